The molecule has 1 aliphatic carbocycles. The van der Waals surface area contributed by atoms with E-state index in [4.69, 9.17) is 11.6 Å². The summed E-state index contributed by atoms with van der Waals surface area (Å²) in [6, 6.07) is 6.06. The van der Waals surface area contributed by atoms with E-state index in [9.17, 15) is 18.0 Å². The van der Waals surface area contributed by atoms with Crippen molar-refractivity contribution in [2.45, 2.75) is 25.4 Å². The van der Waals surface area contributed by atoms with Gasteiger partial charge in [0.25, 0.3) is 0 Å². The lowest BCUT2D eigenvalue weighted by atomic mass is 9.98. The van der Waals surface area contributed by atoms with Gasteiger partial charge in [-0.15, -0.1) is 0 Å². The van der Waals surface area contributed by atoms with Crippen LogP contribution in [-0.2, 0) is 9.53 Å². The van der Waals surface area contributed by atoms with E-state index in [1.54, 1.807) is 0 Å². The third kappa shape index (κ3) is 2.31. The average molecular weight is 293 g/mol. The molecule has 0 aromatic heterocycles. The van der Waals surface area contributed by atoms with E-state index < -0.39 is 23.5 Å². The van der Waals surface area contributed by atoms with Gasteiger partial charge in [0.2, 0.25) is 0 Å². The summed E-state index contributed by atoms with van der Waals surface area (Å²) in [5.41, 5.74) is -1.94. The maximum atomic E-state index is 13.2. The van der Waals surface area contributed by atoms with Gasteiger partial charge < -0.3 is 4.74 Å². The van der Waals surface area contributed by atoms with Crippen molar-refractivity contribution in [1.82, 2.24) is 0 Å². The molecule has 2 rings (SSSR count). The molecule has 0 saturated heterocycles. The zero-order valence-corrected chi connectivity index (χ0v) is 10.9. The van der Waals surface area contributed by atoms with Crippen LogP contribution in [-0.4, -0.2) is 18.8 Å². The van der Waals surface area contributed by atoms with Gasteiger partial charge in [0.15, 0.2) is 5.41 Å². The Morgan fingerprint density at radius 1 is 1.42 bits per heavy atom. The molecule has 2 nitrogen and oxygen atoms in total. The Morgan fingerprint density at radius 2 is 2.00 bits per heavy atom. The molecule has 0 bridgehead atoms. The number of hydrogen-bond acceptors (Lipinski definition) is 2. The van der Waals surface area contributed by atoms with E-state index in [0.29, 0.717) is 10.6 Å². The highest BCUT2D eigenvalue weighted by Gasteiger charge is 2.76. The van der Waals surface area contributed by atoms with Crippen molar-refractivity contribution in [3.63, 3.8) is 0 Å². The molecule has 0 radical (unpaired) electrons. The highest BCUT2D eigenvalue weighted by atomic mass is 35.5. The molecule has 6 heteroatoms. The van der Waals surface area contributed by atoms with Gasteiger partial charge in [-0.05, 0) is 31.0 Å². The van der Waals surface area contributed by atoms with Gasteiger partial charge in [0.05, 0.1) is 6.61 Å². The van der Waals surface area contributed by atoms with Crippen molar-refractivity contribution >= 4 is 17.6 Å². The van der Waals surface area contributed by atoms with E-state index in [1.807, 2.05) is 0 Å². The molecule has 0 heterocycles. The molecule has 1 fully saturated rings. The molecule has 2 atom stereocenters. The molecule has 19 heavy (non-hydrogen) atoms. The van der Waals surface area contributed by atoms with Crippen LogP contribution in [0, 0.1) is 5.41 Å². The van der Waals surface area contributed by atoms with Crippen LogP contribution >= 0.6 is 11.6 Å². The average Bonchev–Trinajstić information content (AvgIpc) is 3.06. The van der Waals surface area contributed by atoms with Crippen LogP contribution < -0.4 is 0 Å². The van der Waals surface area contributed by atoms with Crippen LogP contribution in [0.3, 0.4) is 0 Å². The first kappa shape index (κ1) is 14.2. The van der Waals surface area contributed by atoms with E-state index in [2.05, 4.69) is 4.74 Å². The summed E-state index contributed by atoms with van der Waals surface area (Å²) in [5, 5.41) is 0.443. The molecule has 1 aliphatic rings. The second-order valence-corrected chi connectivity index (χ2v) is 4.93. The van der Waals surface area contributed by atoms with Crippen molar-refractivity contribution in [2.24, 2.45) is 5.41 Å². The standard InChI is InChI=1S/C13H12ClF3O2/c1-2-19-11(18)12(13(15,16)17)7-10(12)8-3-5-9(14)6-4-8/h3-6,10H,2,7H2,1H3/t10-,12-/m0/s1. The topological polar surface area (TPSA) is 26.3 Å². The second kappa shape index (κ2) is 4.71. The van der Waals surface area contributed by atoms with Gasteiger partial charge in [0.1, 0.15) is 0 Å². The normalized spacial score (nSPS) is 26.1. The zero-order valence-electron chi connectivity index (χ0n) is 10.1. The molecule has 1 aromatic carbocycles. The quantitative estimate of drug-likeness (QED) is 0.789. The van der Waals surface area contributed by atoms with Crippen LogP contribution in [0.2, 0.25) is 5.02 Å². The van der Waals surface area contributed by atoms with Gasteiger partial charge in [-0.25, -0.2) is 0 Å². The van der Waals surface area contributed by atoms with Gasteiger partial charge >= 0.3 is 12.1 Å². The summed E-state index contributed by atoms with van der Waals surface area (Å²) < 4.78 is 44.1. The van der Waals surface area contributed by atoms with Crippen LogP contribution in [0.1, 0.15) is 24.8 Å². The summed E-state index contributed by atoms with van der Waals surface area (Å²) in [6.45, 7) is 1.42. The largest absolute Gasteiger partial charge is 0.465 e. The SMILES string of the molecule is CCOC(=O)[C@]1(C(F)(F)F)C[C@H]1c1ccc(Cl)cc1. The van der Waals surface area contributed by atoms with Crippen molar-refractivity contribution < 1.29 is 22.7 Å². The number of hydrogen-bond donors (Lipinski definition) is 0. The Hall–Kier alpha value is -1.23. The van der Waals surface area contributed by atoms with Crippen LogP contribution in [0.25, 0.3) is 0 Å². The number of rotatable bonds is 3. The van der Waals surface area contributed by atoms with E-state index in [-0.39, 0.29) is 13.0 Å². The van der Waals surface area contributed by atoms with E-state index >= 15 is 0 Å². The second-order valence-electron chi connectivity index (χ2n) is 4.50. The van der Waals surface area contributed by atoms with Crippen LogP contribution in [0.4, 0.5) is 13.2 Å². The molecule has 0 aliphatic heterocycles. The highest BCUT2D eigenvalue weighted by molar-refractivity contribution is 6.30. The Labute approximate surface area is 113 Å². The summed E-state index contributed by atoms with van der Waals surface area (Å²) in [4.78, 5) is 11.7. The van der Waals surface area contributed by atoms with E-state index in [0.717, 1.165) is 0 Å². The Balaban J connectivity index is 2.30. The summed E-state index contributed by atoms with van der Waals surface area (Å²) in [6.07, 6.45) is -4.87. The smallest absolute Gasteiger partial charge is 0.405 e. The Kier molecular flexibility index (Phi) is 3.51. The minimum absolute atomic E-state index is 0.0655. The summed E-state index contributed by atoms with van der Waals surface area (Å²) >= 11 is 5.70. The molecular weight excluding hydrogens is 281 g/mol. The Morgan fingerprint density at radius 3 is 2.47 bits per heavy atom. The summed E-state index contributed by atoms with van der Waals surface area (Å²) in [7, 11) is 0. The van der Waals surface area contributed by atoms with Crippen molar-refractivity contribution in [1.29, 1.82) is 0 Å². The minimum Gasteiger partial charge on any atom is -0.465 e. The number of carbonyl (C=O) groups excluding carboxylic acids is 1. The molecule has 1 aromatic rings. The fourth-order valence-electron chi connectivity index (χ4n) is 2.27. The van der Waals surface area contributed by atoms with Gasteiger partial charge in [-0.3, -0.25) is 4.79 Å². The van der Waals surface area contributed by atoms with Crippen molar-refractivity contribution in [3.8, 4) is 0 Å². The molecule has 0 spiro atoms. The molecule has 104 valence electrons. The first-order valence-corrected chi connectivity index (χ1v) is 6.20. The molecule has 0 N–H and O–H groups in total. The number of alkyl halides is 3. The number of esters is 1. The molecular formula is C13H12ClF3O2. The molecule has 1 saturated carbocycles. The third-order valence-electron chi connectivity index (χ3n) is 3.38. The predicted octanol–water partition coefficient (Wildman–Crippen LogP) is 3.94. The monoisotopic (exact) mass is 292 g/mol. The Bertz CT molecular complexity index is 484. The number of halogens is 4. The maximum absolute atomic E-state index is 13.2. The van der Waals surface area contributed by atoms with Crippen molar-refractivity contribution in [3.05, 3.63) is 34.9 Å². The number of ether oxygens (including phenoxy) is 1. The molecule has 0 unspecified atom stereocenters. The number of benzene rings is 1. The fraction of sp³-hybridized carbons (Fsp3) is 0.462. The lowest BCUT2D eigenvalue weighted by Crippen LogP contribution is -2.35. The first-order valence-electron chi connectivity index (χ1n) is 5.82. The lowest BCUT2D eigenvalue weighted by Gasteiger charge is -2.19. The first-order chi connectivity index (χ1) is 8.83. The van der Waals surface area contributed by atoms with E-state index in [1.165, 1.54) is 31.2 Å². The van der Waals surface area contributed by atoms with Crippen LogP contribution in [0.15, 0.2) is 24.3 Å². The third-order valence-corrected chi connectivity index (χ3v) is 3.63. The fourth-order valence-corrected chi connectivity index (χ4v) is 2.40. The predicted molar refractivity (Wildman–Crippen MR) is 63.9 cm³/mol. The van der Waals surface area contributed by atoms with Crippen LogP contribution in [0.5, 0.6) is 0 Å². The van der Waals surface area contributed by atoms with Crippen molar-refractivity contribution in [2.75, 3.05) is 6.61 Å². The maximum Gasteiger partial charge on any atom is 0.405 e. The summed E-state index contributed by atoms with van der Waals surface area (Å²) in [5.74, 6) is -2.08. The number of carbonyl (C=O) groups is 1. The van der Waals surface area contributed by atoms with Gasteiger partial charge in [-0.2, -0.15) is 13.2 Å². The van der Waals surface area contributed by atoms with Gasteiger partial charge in [0, 0.05) is 10.9 Å². The lowest BCUT2D eigenvalue weighted by molar-refractivity contribution is -0.207. The zero-order chi connectivity index (χ0) is 14.3. The highest BCUT2D eigenvalue weighted by Crippen LogP contribution is 2.68. The van der Waals surface area contributed by atoms with Gasteiger partial charge in [-0.1, -0.05) is 23.7 Å². The minimum atomic E-state index is -4.61. The molecule has 0 amide bonds.